The molecule has 34 heavy (non-hydrogen) atoms. The molecular weight excluding hydrogens is 496 g/mol. The summed E-state index contributed by atoms with van der Waals surface area (Å²) in [4.78, 5) is 9.94. The van der Waals surface area contributed by atoms with Gasteiger partial charge in [0.25, 0.3) is 20.0 Å². The number of anilines is 2. The molecule has 0 spiro atoms. The maximum absolute atomic E-state index is 12.5. The Hall–Kier alpha value is -3.13. The summed E-state index contributed by atoms with van der Waals surface area (Å²) in [6, 6.07) is 13.8. The van der Waals surface area contributed by atoms with E-state index >= 15 is 0 Å². The van der Waals surface area contributed by atoms with Gasteiger partial charge < -0.3 is 5.32 Å². The van der Waals surface area contributed by atoms with E-state index in [-0.39, 0.29) is 26.3 Å². The average molecular weight is 521 g/mol. The number of thiocarbonyl (C=S) groups is 1. The van der Waals surface area contributed by atoms with Gasteiger partial charge in [0.05, 0.1) is 9.79 Å². The van der Waals surface area contributed by atoms with E-state index in [0.29, 0.717) is 5.69 Å². The molecule has 0 aliphatic carbocycles. The molecule has 1 aromatic heterocycles. The quantitative estimate of drug-likeness (QED) is 0.273. The number of hydrogen-bond acceptors (Lipinski definition) is 7. The molecule has 0 saturated heterocycles. The Morgan fingerprint density at radius 2 is 1.35 bits per heavy atom. The SMILES string of the molecule is CC(C)(C)c1ccc(S(=O)(=O)NNC(=S)Nc2ccc(S(=O)(=O)Nc3ncccn3)cc2)cc1. The molecule has 0 aliphatic rings. The van der Waals surface area contributed by atoms with Crippen molar-refractivity contribution in [3.63, 3.8) is 0 Å². The maximum atomic E-state index is 12.5. The third-order valence-electron chi connectivity index (χ3n) is 4.54. The highest BCUT2D eigenvalue weighted by Crippen LogP contribution is 2.23. The van der Waals surface area contributed by atoms with E-state index in [0.717, 1.165) is 5.56 Å². The molecule has 10 nitrogen and oxygen atoms in total. The Kier molecular flexibility index (Phi) is 7.51. The number of hydrogen-bond donors (Lipinski definition) is 4. The Morgan fingerprint density at radius 1 is 0.824 bits per heavy atom. The molecule has 2 aromatic carbocycles. The van der Waals surface area contributed by atoms with Crippen LogP contribution in [0.2, 0.25) is 0 Å². The summed E-state index contributed by atoms with van der Waals surface area (Å²) in [5.41, 5.74) is 3.78. The molecule has 0 unspecified atom stereocenters. The van der Waals surface area contributed by atoms with E-state index in [4.69, 9.17) is 12.2 Å². The van der Waals surface area contributed by atoms with Gasteiger partial charge in [-0.25, -0.2) is 31.5 Å². The molecule has 3 aromatic rings. The largest absolute Gasteiger partial charge is 0.332 e. The van der Waals surface area contributed by atoms with Crippen molar-refractivity contribution in [3.8, 4) is 0 Å². The van der Waals surface area contributed by atoms with Crippen molar-refractivity contribution in [3.05, 3.63) is 72.6 Å². The molecule has 0 bridgehead atoms. The van der Waals surface area contributed by atoms with Crippen LogP contribution in [0.4, 0.5) is 11.6 Å². The van der Waals surface area contributed by atoms with Crippen molar-refractivity contribution < 1.29 is 16.8 Å². The molecule has 0 saturated carbocycles. The zero-order chi connectivity index (χ0) is 25.0. The number of aromatic nitrogens is 2. The molecule has 0 radical (unpaired) electrons. The van der Waals surface area contributed by atoms with E-state index < -0.39 is 20.0 Å². The third-order valence-corrected chi connectivity index (χ3v) is 7.36. The Labute approximate surface area is 204 Å². The average Bonchev–Trinajstić information content (AvgIpc) is 2.78. The Balaban J connectivity index is 1.58. The summed E-state index contributed by atoms with van der Waals surface area (Å²) in [6.07, 6.45) is 2.84. The second-order valence-corrected chi connectivity index (χ2v) is 11.9. The smallest absolute Gasteiger partial charge is 0.264 e. The Bertz CT molecular complexity index is 1350. The summed E-state index contributed by atoms with van der Waals surface area (Å²) in [5.74, 6) is -0.0459. The summed E-state index contributed by atoms with van der Waals surface area (Å²) >= 11 is 5.12. The van der Waals surface area contributed by atoms with Crippen LogP contribution in [0.3, 0.4) is 0 Å². The lowest BCUT2D eigenvalue weighted by atomic mass is 9.87. The summed E-state index contributed by atoms with van der Waals surface area (Å²) < 4.78 is 52.2. The van der Waals surface area contributed by atoms with Gasteiger partial charge in [-0.1, -0.05) is 32.9 Å². The fourth-order valence-electron chi connectivity index (χ4n) is 2.72. The first-order valence-corrected chi connectivity index (χ1v) is 13.3. The first-order chi connectivity index (χ1) is 15.9. The lowest BCUT2D eigenvalue weighted by molar-refractivity contribution is 0.575. The van der Waals surface area contributed by atoms with Crippen LogP contribution in [0.15, 0.2) is 76.8 Å². The lowest BCUT2D eigenvalue weighted by Gasteiger charge is -2.19. The number of nitrogens with one attached hydrogen (secondary N) is 4. The van der Waals surface area contributed by atoms with E-state index in [1.807, 2.05) is 20.8 Å². The maximum Gasteiger partial charge on any atom is 0.264 e. The summed E-state index contributed by atoms with van der Waals surface area (Å²) in [5, 5.41) is 2.75. The van der Waals surface area contributed by atoms with Gasteiger partial charge in [-0.15, -0.1) is 4.83 Å². The van der Waals surface area contributed by atoms with Gasteiger partial charge in [-0.3, -0.25) is 5.43 Å². The van der Waals surface area contributed by atoms with Crippen molar-refractivity contribution in [1.82, 2.24) is 20.2 Å². The van der Waals surface area contributed by atoms with E-state index in [1.54, 1.807) is 18.2 Å². The predicted octanol–water partition coefficient (Wildman–Crippen LogP) is 2.75. The van der Waals surface area contributed by atoms with Gasteiger partial charge in [-0.2, -0.15) is 0 Å². The summed E-state index contributed by atoms with van der Waals surface area (Å²) in [7, 11) is -7.73. The van der Waals surface area contributed by atoms with Crippen LogP contribution >= 0.6 is 12.2 Å². The number of nitrogens with zero attached hydrogens (tertiary/aromatic N) is 2. The fourth-order valence-corrected chi connectivity index (χ4v) is 4.76. The Morgan fingerprint density at radius 3 is 1.91 bits per heavy atom. The van der Waals surface area contributed by atoms with Gasteiger partial charge in [0.15, 0.2) is 5.11 Å². The van der Waals surface area contributed by atoms with Crippen LogP contribution < -0.4 is 20.3 Å². The minimum Gasteiger partial charge on any atom is -0.332 e. The molecule has 0 amide bonds. The molecule has 13 heteroatoms. The highest BCUT2D eigenvalue weighted by atomic mass is 32.2. The number of benzene rings is 2. The van der Waals surface area contributed by atoms with Crippen LogP contribution in [-0.4, -0.2) is 31.9 Å². The normalized spacial score (nSPS) is 12.1. The highest BCUT2D eigenvalue weighted by molar-refractivity contribution is 7.92. The minimum atomic E-state index is -3.87. The van der Waals surface area contributed by atoms with Crippen LogP contribution in [0, 0.1) is 0 Å². The lowest BCUT2D eigenvalue weighted by Crippen LogP contribution is -2.43. The number of sulfonamides is 2. The highest BCUT2D eigenvalue weighted by Gasteiger charge is 2.18. The van der Waals surface area contributed by atoms with Gasteiger partial charge >= 0.3 is 0 Å². The minimum absolute atomic E-state index is 0.0104. The second-order valence-electron chi connectivity index (χ2n) is 8.16. The first-order valence-electron chi connectivity index (χ1n) is 9.96. The molecule has 0 fully saturated rings. The van der Waals surface area contributed by atoms with Crippen molar-refractivity contribution in [2.45, 2.75) is 36.0 Å². The van der Waals surface area contributed by atoms with E-state index in [9.17, 15) is 16.8 Å². The van der Waals surface area contributed by atoms with E-state index in [2.05, 4.69) is 30.3 Å². The van der Waals surface area contributed by atoms with Crippen molar-refractivity contribution >= 4 is 49.0 Å². The van der Waals surface area contributed by atoms with Gasteiger partial charge in [0, 0.05) is 18.1 Å². The first kappa shape index (κ1) is 25.5. The monoisotopic (exact) mass is 520 g/mol. The topological polar surface area (TPSA) is 142 Å². The van der Waals surface area contributed by atoms with Gasteiger partial charge in [0.1, 0.15) is 0 Å². The number of rotatable bonds is 7. The standard InChI is InChI=1S/C21H24N6O4S3/c1-21(2,3)15-5-9-18(10-6-15)34(30,31)27-25-20(32)24-16-7-11-17(12-8-16)33(28,29)26-19-22-13-4-14-23-19/h4-14,27H,1-3H3,(H,22,23,26)(H2,24,25,32). The van der Waals surface area contributed by atoms with E-state index in [1.165, 1.54) is 48.8 Å². The van der Waals surface area contributed by atoms with Crippen LogP contribution in [0.1, 0.15) is 26.3 Å². The van der Waals surface area contributed by atoms with Crippen molar-refractivity contribution in [1.29, 1.82) is 0 Å². The molecular formula is C21H24N6O4S3. The molecule has 0 atom stereocenters. The predicted molar refractivity (Wildman–Crippen MR) is 134 cm³/mol. The third kappa shape index (κ3) is 6.70. The van der Waals surface area contributed by atoms with Gasteiger partial charge in [0.2, 0.25) is 5.95 Å². The fraction of sp³-hybridized carbons (Fsp3) is 0.190. The second kappa shape index (κ2) is 10.0. The van der Waals surface area contributed by atoms with Crippen LogP contribution in [0.5, 0.6) is 0 Å². The molecule has 4 N–H and O–H groups in total. The molecule has 180 valence electrons. The zero-order valence-corrected chi connectivity index (χ0v) is 21.1. The summed E-state index contributed by atoms with van der Waals surface area (Å²) in [6.45, 7) is 6.11. The van der Waals surface area contributed by atoms with Crippen molar-refractivity contribution in [2.75, 3.05) is 10.0 Å². The number of hydrazine groups is 1. The molecule has 0 aliphatic heterocycles. The van der Waals surface area contributed by atoms with Crippen LogP contribution in [0.25, 0.3) is 0 Å². The van der Waals surface area contributed by atoms with Crippen LogP contribution in [-0.2, 0) is 25.5 Å². The van der Waals surface area contributed by atoms with Crippen molar-refractivity contribution in [2.24, 2.45) is 0 Å². The van der Waals surface area contributed by atoms with Gasteiger partial charge in [-0.05, 0) is 65.7 Å². The molecule has 1 heterocycles. The zero-order valence-electron chi connectivity index (χ0n) is 18.6. The molecule has 3 rings (SSSR count).